The van der Waals surface area contributed by atoms with Crippen molar-refractivity contribution in [2.75, 3.05) is 0 Å². The first-order valence-corrected chi connectivity index (χ1v) is 22.7. The molecule has 0 radical (unpaired) electrons. The Morgan fingerprint density at radius 2 is 0.618 bits per heavy atom. The van der Waals surface area contributed by atoms with Crippen LogP contribution in [0.25, 0.3) is 90.6 Å². The molecule has 7 nitrogen and oxygen atoms in total. The van der Waals surface area contributed by atoms with Crippen molar-refractivity contribution in [3.8, 4) is 102 Å². The van der Waals surface area contributed by atoms with Crippen LogP contribution < -0.4 is 4.74 Å². The zero-order valence-electron chi connectivity index (χ0n) is 36.5. The van der Waals surface area contributed by atoms with Gasteiger partial charge in [-0.05, 0) is 51.6 Å². The lowest BCUT2D eigenvalue weighted by atomic mass is 9.65. The lowest BCUT2D eigenvalue weighted by Gasteiger charge is -2.40. The molecule has 7 heteroatoms. The van der Waals surface area contributed by atoms with E-state index in [2.05, 4.69) is 97.1 Å². The summed E-state index contributed by atoms with van der Waals surface area (Å²) in [6.45, 7) is 0. The Kier molecular flexibility index (Phi) is 9.25. The van der Waals surface area contributed by atoms with E-state index in [0.29, 0.717) is 34.9 Å². The van der Waals surface area contributed by atoms with Crippen molar-refractivity contribution in [3.63, 3.8) is 0 Å². The SMILES string of the molecule is c1ccc(-c2nc(-c3ccccc3)nc(-c3ccc(-c4ccc5c(c4)-c4cccc(-c6nc(-c7ccccc7)nc(-c7ccccc7)n6)c4C54c5ccccc5Oc5ccccc54)cc3)n2)cc1. The predicted octanol–water partition coefficient (Wildman–Crippen LogP) is 14.2. The summed E-state index contributed by atoms with van der Waals surface area (Å²) >= 11 is 0. The van der Waals surface area contributed by atoms with Crippen LogP contribution in [-0.2, 0) is 5.41 Å². The Hall–Kier alpha value is -9.20. The normalized spacial score (nSPS) is 12.6. The molecule has 0 atom stereocenters. The van der Waals surface area contributed by atoms with E-state index >= 15 is 0 Å². The highest BCUT2D eigenvalue weighted by Crippen LogP contribution is 2.64. The van der Waals surface area contributed by atoms with E-state index in [1.54, 1.807) is 0 Å². The highest BCUT2D eigenvalue weighted by atomic mass is 16.5. The van der Waals surface area contributed by atoms with Crippen molar-refractivity contribution >= 4 is 0 Å². The van der Waals surface area contributed by atoms with Gasteiger partial charge in [0.15, 0.2) is 34.9 Å². The summed E-state index contributed by atoms with van der Waals surface area (Å²) in [5.41, 5.74) is 13.5. The lowest BCUT2D eigenvalue weighted by Crippen LogP contribution is -2.32. The Morgan fingerprint density at radius 1 is 0.250 bits per heavy atom. The summed E-state index contributed by atoms with van der Waals surface area (Å²) in [5.74, 6) is 5.32. The largest absolute Gasteiger partial charge is 0.457 e. The average Bonchev–Trinajstić information content (AvgIpc) is 3.71. The quantitative estimate of drug-likeness (QED) is 0.158. The molecule has 68 heavy (non-hydrogen) atoms. The molecule has 1 aliphatic heterocycles. The molecular formula is C61H38N6O. The third-order valence-corrected chi connectivity index (χ3v) is 13.1. The third kappa shape index (κ3) is 6.43. The van der Waals surface area contributed by atoms with Crippen LogP contribution in [0.15, 0.2) is 231 Å². The van der Waals surface area contributed by atoms with Gasteiger partial charge in [0.25, 0.3) is 0 Å². The van der Waals surface area contributed by atoms with Crippen LogP contribution in [0.4, 0.5) is 0 Å². The monoisotopic (exact) mass is 870 g/mol. The second-order valence-corrected chi connectivity index (χ2v) is 17.0. The zero-order valence-corrected chi connectivity index (χ0v) is 36.5. The first-order valence-electron chi connectivity index (χ1n) is 22.7. The highest BCUT2D eigenvalue weighted by Gasteiger charge is 2.52. The molecule has 0 unspecified atom stereocenters. The number of hydrogen-bond donors (Lipinski definition) is 0. The molecule has 318 valence electrons. The summed E-state index contributed by atoms with van der Waals surface area (Å²) in [7, 11) is 0. The topological polar surface area (TPSA) is 86.6 Å². The van der Waals surface area contributed by atoms with Gasteiger partial charge in [-0.15, -0.1) is 0 Å². The number of hydrogen-bond acceptors (Lipinski definition) is 7. The van der Waals surface area contributed by atoms with E-state index < -0.39 is 5.41 Å². The number of fused-ring (bicyclic) bond motifs is 9. The van der Waals surface area contributed by atoms with Crippen LogP contribution >= 0.6 is 0 Å². The van der Waals surface area contributed by atoms with E-state index in [1.165, 1.54) is 0 Å². The van der Waals surface area contributed by atoms with Crippen molar-refractivity contribution in [2.24, 2.45) is 0 Å². The second kappa shape index (κ2) is 16.0. The van der Waals surface area contributed by atoms with Crippen LogP contribution in [0.3, 0.4) is 0 Å². The van der Waals surface area contributed by atoms with E-state index in [4.69, 9.17) is 34.6 Å². The maximum absolute atomic E-state index is 6.74. The fourth-order valence-electron chi connectivity index (χ4n) is 10.0. The number of benzene rings is 9. The number of aromatic nitrogens is 6. The fourth-order valence-corrected chi connectivity index (χ4v) is 10.0. The molecule has 9 aromatic carbocycles. The molecule has 2 aromatic heterocycles. The van der Waals surface area contributed by atoms with E-state index in [0.717, 1.165) is 89.4 Å². The van der Waals surface area contributed by atoms with Gasteiger partial charge in [0.1, 0.15) is 11.5 Å². The summed E-state index contributed by atoms with van der Waals surface area (Å²) in [4.78, 5) is 30.6. The Labute approximate surface area is 393 Å². The predicted molar refractivity (Wildman–Crippen MR) is 269 cm³/mol. The summed E-state index contributed by atoms with van der Waals surface area (Å²) in [6, 6.07) is 79.3. The second-order valence-electron chi connectivity index (χ2n) is 17.0. The lowest BCUT2D eigenvalue weighted by molar-refractivity contribution is 0.436. The van der Waals surface area contributed by atoms with Crippen molar-refractivity contribution in [3.05, 3.63) is 253 Å². The molecule has 0 saturated carbocycles. The van der Waals surface area contributed by atoms with Gasteiger partial charge in [-0.3, -0.25) is 0 Å². The first-order chi connectivity index (χ1) is 33.7. The number of ether oxygens (including phenoxy) is 1. The number of rotatable bonds is 7. The van der Waals surface area contributed by atoms with Crippen molar-refractivity contribution in [2.45, 2.75) is 5.41 Å². The van der Waals surface area contributed by atoms with Crippen molar-refractivity contribution in [1.29, 1.82) is 0 Å². The minimum absolute atomic E-state index is 0.600. The maximum atomic E-state index is 6.74. The van der Waals surface area contributed by atoms with Gasteiger partial charge in [-0.1, -0.05) is 212 Å². The van der Waals surface area contributed by atoms with Gasteiger partial charge < -0.3 is 4.74 Å². The highest BCUT2D eigenvalue weighted by molar-refractivity contribution is 5.95. The molecular weight excluding hydrogens is 833 g/mol. The average molecular weight is 871 g/mol. The van der Waals surface area contributed by atoms with Crippen LogP contribution in [-0.4, -0.2) is 29.9 Å². The minimum Gasteiger partial charge on any atom is -0.457 e. The molecule has 1 aliphatic carbocycles. The molecule has 0 amide bonds. The minimum atomic E-state index is -0.771. The molecule has 13 rings (SSSR count). The molecule has 3 heterocycles. The molecule has 2 aliphatic rings. The standard InChI is InChI=1S/C61H38N6O/c1-5-18-40(19-6-1)55-62-56(41-20-7-2-8-21-41)64-59(63-55)44-34-32-39(33-35-44)45-36-37-49-48(38-45)46-26-17-27-47(54(46)61(49)50-28-13-15-30-52(50)68-53-31-16-14-29-51(53)61)60-66-57(42-22-9-3-10-23-42)65-58(67-60)43-24-11-4-12-25-43/h1-38H. The Bertz CT molecular complexity index is 3530. The van der Waals surface area contributed by atoms with Gasteiger partial charge in [0.2, 0.25) is 0 Å². The number of nitrogens with zero attached hydrogens (tertiary/aromatic N) is 6. The Morgan fingerprint density at radius 3 is 1.09 bits per heavy atom. The zero-order chi connectivity index (χ0) is 45.0. The molecule has 0 N–H and O–H groups in total. The van der Waals surface area contributed by atoms with Crippen LogP contribution in [0, 0.1) is 0 Å². The molecule has 1 spiro atoms. The summed E-state index contributed by atoms with van der Waals surface area (Å²) < 4.78 is 6.74. The van der Waals surface area contributed by atoms with E-state index in [-0.39, 0.29) is 0 Å². The maximum Gasteiger partial charge on any atom is 0.164 e. The summed E-state index contributed by atoms with van der Waals surface area (Å²) in [6.07, 6.45) is 0. The molecule has 0 fully saturated rings. The number of para-hydroxylation sites is 2. The molecule has 0 bridgehead atoms. The molecule has 0 saturated heterocycles. The fraction of sp³-hybridized carbons (Fsp3) is 0.0164. The smallest absolute Gasteiger partial charge is 0.164 e. The molecule has 11 aromatic rings. The van der Waals surface area contributed by atoms with Gasteiger partial charge >= 0.3 is 0 Å². The van der Waals surface area contributed by atoms with Crippen LogP contribution in [0.5, 0.6) is 11.5 Å². The van der Waals surface area contributed by atoms with Crippen LogP contribution in [0.1, 0.15) is 22.3 Å². The van der Waals surface area contributed by atoms with E-state index in [1.807, 2.05) is 133 Å². The van der Waals surface area contributed by atoms with E-state index in [9.17, 15) is 0 Å². The Balaban J connectivity index is 0.997. The van der Waals surface area contributed by atoms with Gasteiger partial charge in [-0.25, -0.2) is 29.9 Å². The third-order valence-electron chi connectivity index (χ3n) is 13.1. The van der Waals surface area contributed by atoms with Gasteiger partial charge in [-0.2, -0.15) is 0 Å². The van der Waals surface area contributed by atoms with Gasteiger partial charge in [0.05, 0.1) is 5.41 Å². The van der Waals surface area contributed by atoms with Crippen molar-refractivity contribution in [1.82, 2.24) is 29.9 Å². The van der Waals surface area contributed by atoms with Crippen LogP contribution in [0.2, 0.25) is 0 Å². The first kappa shape index (κ1) is 39.2. The van der Waals surface area contributed by atoms with Gasteiger partial charge in [0, 0.05) is 44.5 Å². The summed E-state index contributed by atoms with van der Waals surface area (Å²) in [5, 5.41) is 0. The van der Waals surface area contributed by atoms with Crippen molar-refractivity contribution < 1.29 is 4.74 Å².